The second kappa shape index (κ2) is 6.66. The van der Waals surface area contributed by atoms with Crippen LogP contribution in [0.5, 0.6) is 0 Å². The first-order valence-electron chi connectivity index (χ1n) is 7.59. The molecule has 1 aromatic rings. The van der Waals surface area contributed by atoms with Gasteiger partial charge in [-0.15, -0.1) is 0 Å². The highest BCUT2D eigenvalue weighted by atomic mass is 32.2. The number of nitrogens with two attached hydrogens (primary N) is 2. The van der Waals surface area contributed by atoms with Crippen molar-refractivity contribution in [3.63, 3.8) is 0 Å². The third-order valence-corrected chi connectivity index (χ3v) is 5.17. The molecular formula is C15H25N3O2S. The zero-order chi connectivity index (χ0) is 15.5. The molecule has 6 heteroatoms. The van der Waals surface area contributed by atoms with Crippen molar-refractivity contribution in [2.24, 2.45) is 11.1 Å². The Hall–Kier alpha value is -1.27. The van der Waals surface area contributed by atoms with Gasteiger partial charge < -0.3 is 11.1 Å². The Morgan fingerprint density at radius 2 is 1.90 bits per heavy atom. The summed E-state index contributed by atoms with van der Waals surface area (Å²) in [7, 11) is -3.70. The Kier molecular flexibility index (Phi) is 5.11. The minimum absolute atomic E-state index is 0.0530. The van der Waals surface area contributed by atoms with Crippen molar-refractivity contribution in [2.45, 2.75) is 56.4 Å². The van der Waals surface area contributed by atoms with Crippen LogP contribution in [0.1, 0.15) is 45.4 Å². The molecule has 0 spiro atoms. The Morgan fingerprint density at radius 3 is 2.43 bits per heavy atom. The predicted molar refractivity (Wildman–Crippen MR) is 86.5 cm³/mol. The fourth-order valence-corrected chi connectivity index (χ4v) is 3.62. The highest BCUT2D eigenvalue weighted by molar-refractivity contribution is 7.89. The van der Waals surface area contributed by atoms with E-state index in [2.05, 4.69) is 12.2 Å². The van der Waals surface area contributed by atoms with Crippen molar-refractivity contribution in [2.75, 3.05) is 11.1 Å². The summed E-state index contributed by atoms with van der Waals surface area (Å²) in [5.41, 5.74) is 7.15. The van der Waals surface area contributed by atoms with Crippen LogP contribution in [0.15, 0.2) is 23.1 Å². The first-order chi connectivity index (χ1) is 9.90. The Morgan fingerprint density at radius 1 is 1.24 bits per heavy atom. The van der Waals surface area contributed by atoms with Gasteiger partial charge in [0.05, 0.1) is 16.3 Å². The molecule has 5 nitrogen and oxygen atoms in total. The molecule has 1 saturated carbocycles. The van der Waals surface area contributed by atoms with E-state index in [0.717, 1.165) is 24.4 Å². The lowest BCUT2D eigenvalue weighted by Crippen LogP contribution is -2.26. The average molecular weight is 311 g/mol. The minimum Gasteiger partial charge on any atom is -0.397 e. The van der Waals surface area contributed by atoms with Crippen LogP contribution >= 0.6 is 0 Å². The third kappa shape index (κ3) is 4.35. The zero-order valence-corrected chi connectivity index (χ0v) is 13.3. The summed E-state index contributed by atoms with van der Waals surface area (Å²) in [4.78, 5) is 0.0530. The number of sulfonamides is 1. The van der Waals surface area contributed by atoms with E-state index in [1.54, 1.807) is 6.07 Å². The third-order valence-electron chi connectivity index (χ3n) is 4.25. The number of hydrogen-bond donors (Lipinski definition) is 3. The van der Waals surface area contributed by atoms with E-state index >= 15 is 0 Å². The molecule has 0 unspecified atom stereocenters. The molecular weight excluding hydrogens is 286 g/mol. The van der Waals surface area contributed by atoms with Crippen molar-refractivity contribution in [3.05, 3.63) is 18.2 Å². The molecule has 2 rings (SSSR count). The molecule has 0 saturated heterocycles. The van der Waals surface area contributed by atoms with Crippen LogP contribution in [0.25, 0.3) is 0 Å². The van der Waals surface area contributed by atoms with Crippen LogP contribution in [0.3, 0.4) is 0 Å². The van der Waals surface area contributed by atoms with E-state index in [0.29, 0.717) is 11.7 Å². The summed E-state index contributed by atoms with van der Waals surface area (Å²) >= 11 is 0. The first-order valence-corrected chi connectivity index (χ1v) is 9.13. The number of primary sulfonamides is 1. The number of nitrogens with one attached hydrogen (secondary N) is 1. The van der Waals surface area contributed by atoms with Crippen molar-refractivity contribution in [3.8, 4) is 0 Å². The van der Waals surface area contributed by atoms with Gasteiger partial charge in [0.1, 0.15) is 0 Å². The van der Waals surface area contributed by atoms with Gasteiger partial charge >= 0.3 is 0 Å². The van der Waals surface area contributed by atoms with Gasteiger partial charge in [-0.3, -0.25) is 0 Å². The zero-order valence-electron chi connectivity index (χ0n) is 12.5. The molecule has 5 N–H and O–H groups in total. The number of benzene rings is 1. The van der Waals surface area contributed by atoms with Gasteiger partial charge in [-0.2, -0.15) is 0 Å². The molecule has 0 radical (unpaired) electrons. The van der Waals surface area contributed by atoms with Crippen LogP contribution in [0.2, 0.25) is 0 Å². The SMILES string of the molecule is CCCC1CCC(Nc2ccc(S(N)(=O)=O)cc2N)CC1. The number of hydrogen-bond acceptors (Lipinski definition) is 4. The summed E-state index contributed by atoms with van der Waals surface area (Å²) in [6.07, 6.45) is 7.35. The molecule has 0 bridgehead atoms. The number of rotatable bonds is 5. The van der Waals surface area contributed by atoms with Crippen molar-refractivity contribution in [1.29, 1.82) is 0 Å². The van der Waals surface area contributed by atoms with Gasteiger partial charge in [-0.1, -0.05) is 19.8 Å². The molecule has 21 heavy (non-hydrogen) atoms. The smallest absolute Gasteiger partial charge is 0.238 e. The lowest BCUT2D eigenvalue weighted by Gasteiger charge is -2.30. The fraction of sp³-hybridized carbons (Fsp3) is 0.600. The quantitative estimate of drug-likeness (QED) is 0.728. The fourth-order valence-electron chi connectivity index (χ4n) is 3.07. The normalized spacial score (nSPS) is 23.0. The summed E-state index contributed by atoms with van der Waals surface area (Å²) in [6, 6.07) is 5.03. The average Bonchev–Trinajstić information content (AvgIpc) is 2.42. The largest absolute Gasteiger partial charge is 0.397 e. The van der Waals surface area contributed by atoms with Crippen LogP contribution in [0, 0.1) is 5.92 Å². The van der Waals surface area contributed by atoms with E-state index in [-0.39, 0.29) is 4.90 Å². The van der Waals surface area contributed by atoms with E-state index in [1.165, 1.54) is 37.8 Å². The van der Waals surface area contributed by atoms with Gasteiger partial charge in [-0.05, 0) is 49.8 Å². The lowest BCUT2D eigenvalue weighted by atomic mass is 9.83. The molecule has 1 aliphatic rings. The topological polar surface area (TPSA) is 98.2 Å². The van der Waals surface area contributed by atoms with Crippen molar-refractivity contribution >= 4 is 21.4 Å². The van der Waals surface area contributed by atoms with Crippen LogP contribution < -0.4 is 16.2 Å². The highest BCUT2D eigenvalue weighted by Crippen LogP contribution is 2.31. The Labute approximate surface area is 127 Å². The second-order valence-electron chi connectivity index (χ2n) is 5.94. The lowest BCUT2D eigenvalue weighted by molar-refractivity contribution is 0.319. The predicted octanol–water partition coefficient (Wildman–Crippen LogP) is 2.69. The Balaban J connectivity index is 1.98. The van der Waals surface area contributed by atoms with Crippen molar-refractivity contribution in [1.82, 2.24) is 0 Å². The van der Waals surface area contributed by atoms with Crippen LogP contribution in [0.4, 0.5) is 11.4 Å². The standard InChI is InChI=1S/C15H25N3O2S/c1-2-3-11-4-6-12(7-5-11)18-15-9-8-13(10-14(15)16)21(17,19)20/h8-12,18H,2-7,16H2,1H3,(H2,17,19,20). The molecule has 118 valence electrons. The molecule has 0 aliphatic heterocycles. The van der Waals surface area contributed by atoms with Crippen molar-refractivity contribution < 1.29 is 8.42 Å². The van der Waals surface area contributed by atoms with E-state index in [1.807, 2.05) is 0 Å². The second-order valence-corrected chi connectivity index (χ2v) is 7.51. The van der Waals surface area contributed by atoms with Gasteiger partial charge in [0, 0.05) is 6.04 Å². The molecule has 0 aromatic heterocycles. The van der Waals surface area contributed by atoms with E-state index in [9.17, 15) is 8.42 Å². The van der Waals surface area contributed by atoms with E-state index in [4.69, 9.17) is 10.9 Å². The van der Waals surface area contributed by atoms with Gasteiger partial charge in [0.15, 0.2) is 0 Å². The van der Waals surface area contributed by atoms with E-state index < -0.39 is 10.0 Å². The Bertz CT molecular complexity index is 579. The minimum atomic E-state index is -3.70. The maximum atomic E-state index is 11.3. The summed E-state index contributed by atoms with van der Waals surface area (Å²) < 4.78 is 22.6. The molecule has 0 heterocycles. The molecule has 1 aliphatic carbocycles. The van der Waals surface area contributed by atoms with Gasteiger partial charge in [-0.25, -0.2) is 13.6 Å². The summed E-state index contributed by atoms with van der Waals surface area (Å²) in [6.45, 7) is 2.23. The monoisotopic (exact) mass is 311 g/mol. The highest BCUT2D eigenvalue weighted by Gasteiger charge is 2.21. The maximum absolute atomic E-state index is 11.3. The van der Waals surface area contributed by atoms with Gasteiger partial charge in [0.2, 0.25) is 10.0 Å². The number of nitrogen functional groups attached to an aromatic ring is 1. The first kappa shape index (κ1) is 16.1. The summed E-state index contributed by atoms with van der Waals surface area (Å²) in [5, 5.41) is 8.53. The molecule has 1 fully saturated rings. The van der Waals surface area contributed by atoms with Crippen LogP contribution in [-0.2, 0) is 10.0 Å². The molecule has 0 atom stereocenters. The van der Waals surface area contributed by atoms with Gasteiger partial charge in [0.25, 0.3) is 0 Å². The molecule has 0 amide bonds. The van der Waals surface area contributed by atoms with Crippen LogP contribution in [-0.4, -0.2) is 14.5 Å². The molecule has 1 aromatic carbocycles. The maximum Gasteiger partial charge on any atom is 0.238 e. The number of anilines is 2. The summed E-state index contributed by atoms with van der Waals surface area (Å²) in [5.74, 6) is 0.857.